The number of carbonyl (C=O) groups excluding carboxylic acids is 2. The first kappa shape index (κ1) is 21.3. The molecule has 2 aromatic carbocycles. The van der Waals surface area contributed by atoms with E-state index in [9.17, 15) is 18.4 Å². The molecule has 3 N–H and O–H groups in total. The quantitative estimate of drug-likeness (QED) is 0.599. The van der Waals surface area contributed by atoms with Crippen LogP contribution in [0.15, 0.2) is 42.5 Å². The molecule has 0 fully saturated rings. The molecule has 0 aromatic heterocycles. The van der Waals surface area contributed by atoms with E-state index in [1.54, 1.807) is 12.1 Å². The van der Waals surface area contributed by atoms with Crippen LogP contribution in [-0.4, -0.2) is 38.6 Å². The molecule has 1 atom stereocenters. The van der Waals surface area contributed by atoms with Crippen LogP contribution in [0, 0.1) is 11.6 Å². The van der Waals surface area contributed by atoms with Crippen molar-refractivity contribution < 1.29 is 28.0 Å². The Hall–Kier alpha value is -3.00. The Morgan fingerprint density at radius 1 is 1.07 bits per heavy atom. The molecule has 0 bridgehead atoms. The van der Waals surface area contributed by atoms with Gasteiger partial charge in [-0.05, 0) is 49.4 Å². The van der Waals surface area contributed by atoms with Gasteiger partial charge < -0.3 is 20.3 Å². The summed E-state index contributed by atoms with van der Waals surface area (Å²) in [6.07, 6.45) is 0. The van der Waals surface area contributed by atoms with Gasteiger partial charge in [-0.15, -0.1) is 0 Å². The Kier molecular flexibility index (Phi) is 7.88. The van der Waals surface area contributed by atoms with Gasteiger partial charge in [-0.25, -0.2) is 8.78 Å². The second-order valence-electron chi connectivity index (χ2n) is 6.26. The number of halogens is 2. The van der Waals surface area contributed by atoms with E-state index in [1.807, 2.05) is 6.92 Å². The third-order valence-corrected chi connectivity index (χ3v) is 4.15. The third kappa shape index (κ3) is 6.62. The van der Waals surface area contributed by atoms with E-state index in [1.165, 1.54) is 37.4 Å². The minimum atomic E-state index is -0.447. The maximum atomic E-state index is 13.8. The van der Waals surface area contributed by atoms with E-state index >= 15 is 0 Å². The number of ether oxygens (including phenoxy) is 1. The van der Waals surface area contributed by atoms with Gasteiger partial charge in [-0.2, -0.15) is 0 Å². The summed E-state index contributed by atoms with van der Waals surface area (Å²) in [6, 6.07) is 10.0. The molecule has 1 unspecified atom stereocenters. The molecule has 2 rings (SSSR count). The van der Waals surface area contributed by atoms with Crippen molar-refractivity contribution in [1.82, 2.24) is 5.32 Å². The SMILES string of the molecule is CC[NH+](CC(=O)NCC(=O)Nc1ccc(F)cc1)Cc1ccc(OC)c(F)c1. The average Bonchev–Trinajstić information content (AvgIpc) is 2.68. The molecule has 2 aromatic rings. The smallest absolute Gasteiger partial charge is 0.275 e. The van der Waals surface area contributed by atoms with Crippen LogP contribution in [0.2, 0.25) is 0 Å². The van der Waals surface area contributed by atoms with Crippen molar-refractivity contribution in [3.63, 3.8) is 0 Å². The Labute approximate surface area is 162 Å². The van der Waals surface area contributed by atoms with Gasteiger partial charge >= 0.3 is 0 Å². The van der Waals surface area contributed by atoms with Gasteiger partial charge in [0.15, 0.2) is 18.1 Å². The molecule has 0 aliphatic heterocycles. The number of benzene rings is 2. The third-order valence-electron chi connectivity index (χ3n) is 4.15. The van der Waals surface area contributed by atoms with Gasteiger partial charge in [-0.3, -0.25) is 9.59 Å². The van der Waals surface area contributed by atoms with E-state index in [0.717, 1.165) is 10.5 Å². The summed E-state index contributed by atoms with van der Waals surface area (Å²) in [7, 11) is 1.40. The van der Waals surface area contributed by atoms with E-state index in [4.69, 9.17) is 4.74 Å². The molecule has 0 aliphatic carbocycles. The molecule has 28 heavy (non-hydrogen) atoms. The van der Waals surface area contributed by atoms with Crippen LogP contribution in [0.25, 0.3) is 0 Å². The summed E-state index contributed by atoms with van der Waals surface area (Å²) < 4.78 is 31.5. The van der Waals surface area contributed by atoms with E-state index < -0.39 is 17.5 Å². The summed E-state index contributed by atoms with van der Waals surface area (Å²) >= 11 is 0. The molecular weight excluding hydrogens is 368 g/mol. The van der Waals surface area contributed by atoms with Crippen molar-refractivity contribution >= 4 is 17.5 Å². The van der Waals surface area contributed by atoms with Crippen LogP contribution in [0.1, 0.15) is 12.5 Å². The highest BCUT2D eigenvalue weighted by atomic mass is 19.1. The van der Waals surface area contributed by atoms with Gasteiger partial charge in [0.25, 0.3) is 5.91 Å². The van der Waals surface area contributed by atoms with E-state index in [2.05, 4.69) is 10.6 Å². The summed E-state index contributed by atoms with van der Waals surface area (Å²) in [4.78, 5) is 24.9. The molecule has 0 radical (unpaired) electrons. The molecule has 8 heteroatoms. The van der Waals surface area contributed by atoms with E-state index in [-0.39, 0.29) is 24.7 Å². The average molecular weight is 392 g/mol. The Morgan fingerprint density at radius 2 is 1.79 bits per heavy atom. The summed E-state index contributed by atoms with van der Waals surface area (Å²) in [6.45, 7) is 3.00. The Morgan fingerprint density at radius 3 is 2.39 bits per heavy atom. The molecule has 6 nitrogen and oxygen atoms in total. The summed E-state index contributed by atoms with van der Waals surface area (Å²) in [5, 5.41) is 5.12. The van der Waals surface area contributed by atoms with Crippen LogP contribution in [0.3, 0.4) is 0 Å². The summed E-state index contributed by atoms with van der Waals surface area (Å²) in [5.74, 6) is -1.37. The molecule has 0 saturated carbocycles. The maximum absolute atomic E-state index is 13.8. The number of rotatable bonds is 9. The van der Waals surface area contributed by atoms with Crippen LogP contribution < -0.4 is 20.3 Å². The minimum Gasteiger partial charge on any atom is -0.494 e. The van der Waals surface area contributed by atoms with Crippen molar-refractivity contribution in [3.05, 3.63) is 59.7 Å². The lowest BCUT2D eigenvalue weighted by molar-refractivity contribution is -0.904. The lowest BCUT2D eigenvalue weighted by Crippen LogP contribution is -3.11. The zero-order chi connectivity index (χ0) is 20.5. The zero-order valence-corrected chi connectivity index (χ0v) is 15.9. The first-order valence-electron chi connectivity index (χ1n) is 8.89. The van der Waals surface area contributed by atoms with Crippen LogP contribution in [-0.2, 0) is 16.1 Å². The minimum absolute atomic E-state index is 0.147. The maximum Gasteiger partial charge on any atom is 0.275 e. The number of nitrogens with one attached hydrogen (secondary N) is 3. The number of hydrogen-bond donors (Lipinski definition) is 3. The monoisotopic (exact) mass is 392 g/mol. The highest BCUT2D eigenvalue weighted by Gasteiger charge is 2.15. The topological polar surface area (TPSA) is 71.9 Å². The fraction of sp³-hybridized carbons (Fsp3) is 0.300. The van der Waals surface area contributed by atoms with Crippen LogP contribution in [0.4, 0.5) is 14.5 Å². The molecule has 0 aliphatic rings. The van der Waals surface area contributed by atoms with Crippen molar-refractivity contribution in [1.29, 1.82) is 0 Å². The largest absolute Gasteiger partial charge is 0.494 e. The van der Waals surface area contributed by atoms with Crippen LogP contribution >= 0.6 is 0 Å². The predicted molar refractivity (Wildman–Crippen MR) is 101 cm³/mol. The second-order valence-corrected chi connectivity index (χ2v) is 6.26. The normalized spacial score (nSPS) is 11.6. The predicted octanol–water partition coefficient (Wildman–Crippen LogP) is 1.13. The molecule has 0 spiro atoms. The lowest BCUT2D eigenvalue weighted by Gasteiger charge is -2.17. The second kappa shape index (κ2) is 10.4. The molecular formula is C20H24F2N3O3+. The standard InChI is InChI=1S/C20H23F2N3O3/c1-3-25(12-14-4-9-18(28-2)17(22)10-14)13-20(27)23-11-19(26)24-16-7-5-15(21)6-8-16/h4-10H,3,11-13H2,1-2H3,(H,23,27)(H,24,26)/p+1. The number of methoxy groups -OCH3 is 1. The highest BCUT2D eigenvalue weighted by Crippen LogP contribution is 2.17. The fourth-order valence-electron chi connectivity index (χ4n) is 2.63. The number of quaternary nitrogens is 1. The molecule has 2 amide bonds. The van der Waals surface area contributed by atoms with Gasteiger partial charge in [0.05, 0.1) is 20.2 Å². The van der Waals surface area contributed by atoms with Gasteiger partial charge in [0, 0.05) is 11.3 Å². The molecule has 0 heterocycles. The summed E-state index contributed by atoms with van der Waals surface area (Å²) in [5.41, 5.74) is 1.19. The zero-order valence-electron chi connectivity index (χ0n) is 15.9. The highest BCUT2D eigenvalue weighted by molar-refractivity contribution is 5.94. The number of likely N-dealkylation sites (N-methyl/N-ethyl adjacent to an activating group) is 1. The first-order chi connectivity index (χ1) is 13.4. The lowest BCUT2D eigenvalue weighted by atomic mass is 10.2. The van der Waals surface area contributed by atoms with E-state index in [0.29, 0.717) is 18.8 Å². The Balaban J connectivity index is 1.80. The van der Waals surface area contributed by atoms with Crippen molar-refractivity contribution in [2.45, 2.75) is 13.5 Å². The fourth-order valence-corrected chi connectivity index (χ4v) is 2.63. The van der Waals surface area contributed by atoms with Crippen molar-refractivity contribution in [2.75, 3.05) is 32.1 Å². The van der Waals surface area contributed by atoms with Crippen LogP contribution in [0.5, 0.6) is 5.75 Å². The number of anilines is 1. The van der Waals surface area contributed by atoms with Gasteiger partial charge in [0.1, 0.15) is 12.4 Å². The number of amides is 2. The number of carbonyl (C=O) groups is 2. The van der Waals surface area contributed by atoms with Gasteiger partial charge in [-0.1, -0.05) is 0 Å². The van der Waals surface area contributed by atoms with Crippen molar-refractivity contribution in [3.8, 4) is 5.75 Å². The number of hydrogen-bond acceptors (Lipinski definition) is 3. The Bertz CT molecular complexity index is 813. The van der Waals surface area contributed by atoms with Crippen molar-refractivity contribution in [2.24, 2.45) is 0 Å². The first-order valence-corrected chi connectivity index (χ1v) is 8.89. The van der Waals surface area contributed by atoms with Gasteiger partial charge in [0.2, 0.25) is 5.91 Å². The molecule has 150 valence electrons. The molecule has 0 saturated heterocycles.